The smallest absolute Gasteiger partial charge is 0.498 e. The number of ketones is 1. The number of benzene rings is 1. The minimum Gasteiger partial charge on any atom is -0.498 e. The van der Waals surface area contributed by atoms with E-state index in [1.54, 1.807) is 25.2 Å². The molecule has 3 atom stereocenters. The summed E-state index contributed by atoms with van der Waals surface area (Å²) in [5, 5.41) is 0. The highest BCUT2D eigenvalue weighted by molar-refractivity contribution is 5.99. The van der Waals surface area contributed by atoms with Crippen molar-refractivity contribution in [2.75, 3.05) is 14.2 Å². The first-order chi connectivity index (χ1) is 12.3. The van der Waals surface area contributed by atoms with Crippen molar-refractivity contribution in [1.82, 2.24) is 0 Å². The number of carbonyl (C=O) groups is 1. The predicted octanol–water partition coefficient (Wildman–Crippen LogP) is 3.08. The number of carbonyl (C=O) groups excluding carboxylic acids is 1. The Bertz CT molecular complexity index is 758. The molecule has 26 heavy (non-hydrogen) atoms. The summed E-state index contributed by atoms with van der Waals surface area (Å²) >= 11 is 0. The number of halogens is 2. The topological polar surface area (TPSA) is 63.2 Å². The molecule has 0 saturated heterocycles. The molecule has 2 aliphatic rings. The van der Waals surface area contributed by atoms with Crippen molar-refractivity contribution < 1.29 is 37.3 Å². The van der Waals surface area contributed by atoms with Gasteiger partial charge in [0.25, 0.3) is 0 Å². The Hall–Kier alpha value is -2.45. The minimum absolute atomic E-state index is 0.124. The van der Waals surface area contributed by atoms with Crippen molar-refractivity contribution in [2.45, 2.75) is 31.5 Å². The van der Waals surface area contributed by atoms with Crippen LogP contribution in [0.25, 0.3) is 0 Å². The lowest BCUT2D eigenvalue weighted by Crippen LogP contribution is -2.38. The van der Waals surface area contributed by atoms with Crippen LogP contribution < -0.4 is 9.47 Å². The standard InChI is InChI=1S/C18H18F2O6/c1-10(24-17-13(22-2)5-4-6-14(17)23-3)16(21)11-7-8-12-15(9-11)26-18(19,20)25-12/h4-10,13,17H,1-3H3. The van der Waals surface area contributed by atoms with Crippen LogP contribution >= 0.6 is 0 Å². The molecule has 0 N–H and O–H groups in total. The van der Waals surface area contributed by atoms with E-state index in [1.807, 2.05) is 0 Å². The Morgan fingerprint density at radius 1 is 1.23 bits per heavy atom. The molecule has 140 valence electrons. The summed E-state index contributed by atoms with van der Waals surface area (Å²) < 4.78 is 51.4. The van der Waals surface area contributed by atoms with E-state index in [0.29, 0.717) is 5.76 Å². The number of ether oxygens (including phenoxy) is 5. The van der Waals surface area contributed by atoms with E-state index >= 15 is 0 Å². The molecule has 1 aromatic rings. The lowest BCUT2D eigenvalue weighted by Gasteiger charge is -2.29. The lowest BCUT2D eigenvalue weighted by molar-refractivity contribution is -0.286. The minimum atomic E-state index is -3.73. The van der Waals surface area contributed by atoms with Crippen molar-refractivity contribution in [3.8, 4) is 11.5 Å². The number of hydrogen-bond donors (Lipinski definition) is 0. The quantitative estimate of drug-likeness (QED) is 0.719. The maximum absolute atomic E-state index is 13.1. The Kier molecular flexibility index (Phi) is 4.97. The average molecular weight is 368 g/mol. The van der Waals surface area contributed by atoms with Crippen LogP contribution in [0.15, 0.2) is 42.2 Å². The number of Topliss-reactive ketones (excluding diaryl/α,β-unsaturated/α-hetero) is 1. The van der Waals surface area contributed by atoms with Crippen LogP contribution in [0.4, 0.5) is 8.78 Å². The third-order valence-electron chi connectivity index (χ3n) is 4.05. The Balaban J connectivity index is 1.74. The molecule has 3 rings (SSSR count). The van der Waals surface area contributed by atoms with E-state index in [1.165, 1.54) is 32.4 Å². The van der Waals surface area contributed by atoms with Crippen LogP contribution in [0.3, 0.4) is 0 Å². The zero-order valence-corrected chi connectivity index (χ0v) is 14.4. The summed E-state index contributed by atoms with van der Waals surface area (Å²) in [6, 6.07) is 3.85. The fourth-order valence-electron chi connectivity index (χ4n) is 2.77. The van der Waals surface area contributed by atoms with Gasteiger partial charge in [-0.2, -0.15) is 0 Å². The summed E-state index contributed by atoms with van der Waals surface area (Å²) in [4.78, 5) is 12.6. The van der Waals surface area contributed by atoms with Gasteiger partial charge < -0.3 is 23.7 Å². The molecule has 0 spiro atoms. The van der Waals surface area contributed by atoms with Crippen LogP contribution in [0, 0.1) is 0 Å². The van der Waals surface area contributed by atoms with Gasteiger partial charge in [0.15, 0.2) is 17.3 Å². The van der Waals surface area contributed by atoms with Crippen LogP contribution in [-0.2, 0) is 14.2 Å². The SMILES string of the molecule is COC1=CC=CC(OC)C1OC(C)C(=O)c1ccc2c(c1)OC(F)(F)O2. The van der Waals surface area contributed by atoms with E-state index in [0.717, 1.165) is 0 Å². The van der Waals surface area contributed by atoms with Crippen molar-refractivity contribution in [3.05, 3.63) is 47.7 Å². The van der Waals surface area contributed by atoms with E-state index in [-0.39, 0.29) is 17.1 Å². The van der Waals surface area contributed by atoms with Crippen LogP contribution in [0.1, 0.15) is 17.3 Å². The second kappa shape index (κ2) is 7.05. The van der Waals surface area contributed by atoms with Gasteiger partial charge in [0.05, 0.1) is 7.11 Å². The molecule has 0 amide bonds. The highest BCUT2D eigenvalue weighted by Crippen LogP contribution is 2.41. The Labute approximate surface area is 148 Å². The summed E-state index contributed by atoms with van der Waals surface area (Å²) in [5.74, 6) is -0.196. The Morgan fingerprint density at radius 2 is 1.96 bits per heavy atom. The molecule has 0 bridgehead atoms. The van der Waals surface area contributed by atoms with E-state index in [2.05, 4.69) is 9.47 Å². The summed E-state index contributed by atoms with van der Waals surface area (Å²) in [6.07, 6.45) is -0.342. The van der Waals surface area contributed by atoms with Gasteiger partial charge in [-0.3, -0.25) is 4.79 Å². The van der Waals surface area contributed by atoms with Gasteiger partial charge in [0, 0.05) is 12.7 Å². The van der Waals surface area contributed by atoms with Crippen molar-refractivity contribution in [1.29, 1.82) is 0 Å². The molecule has 0 saturated carbocycles. The molecular weight excluding hydrogens is 350 g/mol. The molecule has 3 unspecified atom stereocenters. The first-order valence-corrected chi connectivity index (χ1v) is 7.89. The molecule has 1 aliphatic heterocycles. The first-order valence-electron chi connectivity index (χ1n) is 7.89. The van der Waals surface area contributed by atoms with E-state index in [9.17, 15) is 13.6 Å². The molecule has 1 heterocycles. The Morgan fingerprint density at radius 3 is 2.65 bits per heavy atom. The van der Waals surface area contributed by atoms with Crippen LogP contribution in [0.2, 0.25) is 0 Å². The number of fused-ring (bicyclic) bond motifs is 1. The molecule has 0 aromatic heterocycles. The van der Waals surface area contributed by atoms with Crippen LogP contribution in [0.5, 0.6) is 11.5 Å². The fraction of sp³-hybridized carbons (Fsp3) is 0.389. The van der Waals surface area contributed by atoms with Crippen molar-refractivity contribution in [2.24, 2.45) is 0 Å². The summed E-state index contributed by atoms with van der Waals surface area (Å²) in [7, 11) is 3.02. The van der Waals surface area contributed by atoms with Gasteiger partial charge >= 0.3 is 6.29 Å². The lowest BCUT2D eigenvalue weighted by atomic mass is 10.0. The average Bonchev–Trinajstić information content (AvgIpc) is 2.93. The van der Waals surface area contributed by atoms with Gasteiger partial charge in [-0.25, -0.2) is 0 Å². The highest BCUT2D eigenvalue weighted by atomic mass is 19.3. The van der Waals surface area contributed by atoms with Gasteiger partial charge in [0.2, 0.25) is 0 Å². The molecule has 1 aromatic carbocycles. The molecule has 8 heteroatoms. The molecule has 1 aliphatic carbocycles. The van der Waals surface area contributed by atoms with Crippen LogP contribution in [-0.4, -0.2) is 44.6 Å². The zero-order chi connectivity index (χ0) is 18.9. The van der Waals surface area contributed by atoms with Gasteiger partial charge in [-0.05, 0) is 31.2 Å². The number of methoxy groups -OCH3 is 2. The molecule has 6 nitrogen and oxygen atoms in total. The second-order valence-corrected chi connectivity index (χ2v) is 5.75. The highest BCUT2D eigenvalue weighted by Gasteiger charge is 2.43. The second-order valence-electron chi connectivity index (χ2n) is 5.75. The van der Waals surface area contributed by atoms with Crippen molar-refractivity contribution in [3.63, 3.8) is 0 Å². The fourth-order valence-corrected chi connectivity index (χ4v) is 2.77. The third kappa shape index (κ3) is 3.56. The summed E-state index contributed by atoms with van der Waals surface area (Å²) in [6.45, 7) is 1.57. The largest absolute Gasteiger partial charge is 0.586 e. The van der Waals surface area contributed by atoms with E-state index < -0.39 is 30.4 Å². The third-order valence-corrected chi connectivity index (χ3v) is 4.05. The molecule has 0 radical (unpaired) electrons. The number of alkyl halides is 2. The normalized spacial score (nSPS) is 24.1. The van der Waals surface area contributed by atoms with Gasteiger partial charge in [-0.1, -0.05) is 12.2 Å². The maximum Gasteiger partial charge on any atom is 0.586 e. The first kappa shape index (κ1) is 18.3. The van der Waals surface area contributed by atoms with Gasteiger partial charge in [0.1, 0.15) is 24.1 Å². The number of allylic oxidation sites excluding steroid dienone is 2. The number of rotatable bonds is 6. The predicted molar refractivity (Wildman–Crippen MR) is 86.3 cm³/mol. The number of hydrogen-bond acceptors (Lipinski definition) is 6. The van der Waals surface area contributed by atoms with Gasteiger partial charge in [-0.15, -0.1) is 8.78 Å². The summed E-state index contributed by atoms with van der Waals surface area (Å²) in [5.41, 5.74) is 0.167. The monoisotopic (exact) mass is 368 g/mol. The molecular formula is C18H18F2O6. The molecule has 0 fully saturated rings. The maximum atomic E-state index is 13.1. The van der Waals surface area contributed by atoms with E-state index in [4.69, 9.17) is 14.2 Å². The van der Waals surface area contributed by atoms with Crippen molar-refractivity contribution >= 4 is 5.78 Å². The zero-order valence-electron chi connectivity index (χ0n) is 14.4.